The lowest BCUT2D eigenvalue weighted by Crippen LogP contribution is -2.42. The molecule has 0 aromatic heterocycles. The van der Waals surface area contributed by atoms with E-state index in [1.165, 1.54) is 30.7 Å². The second kappa shape index (κ2) is 9.95. The van der Waals surface area contributed by atoms with Crippen LogP contribution in [0.1, 0.15) is 18.4 Å². The maximum Gasteiger partial charge on any atom is 0.243 e. The second-order valence-corrected chi connectivity index (χ2v) is 9.12. The molecule has 30 heavy (non-hydrogen) atoms. The minimum Gasteiger partial charge on any atom is -0.493 e. The van der Waals surface area contributed by atoms with Crippen molar-refractivity contribution in [3.05, 3.63) is 54.1 Å². The monoisotopic (exact) mass is 432 g/mol. The quantitative estimate of drug-likeness (QED) is 0.609. The molecule has 0 radical (unpaired) electrons. The van der Waals surface area contributed by atoms with Crippen LogP contribution in [0.5, 0.6) is 11.5 Å². The number of hydrogen-bond acceptors (Lipinski definition) is 5. The Morgan fingerprint density at radius 2 is 1.67 bits per heavy atom. The van der Waals surface area contributed by atoms with Gasteiger partial charge in [0.05, 0.1) is 25.7 Å². The van der Waals surface area contributed by atoms with E-state index in [2.05, 4.69) is 0 Å². The van der Waals surface area contributed by atoms with Gasteiger partial charge in [-0.25, -0.2) is 8.42 Å². The summed E-state index contributed by atoms with van der Waals surface area (Å²) in [5.74, 6) is 0.609. The largest absolute Gasteiger partial charge is 0.493 e. The van der Waals surface area contributed by atoms with Gasteiger partial charge in [-0.15, -0.1) is 0 Å². The fourth-order valence-electron chi connectivity index (χ4n) is 3.53. The highest BCUT2D eigenvalue weighted by atomic mass is 32.2. The first kappa shape index (κ1) is 22.1. The molecule has 2 aromatic carbocycles. The maximum absolute atomic E-state index is 13.4. The molecule has 0 saturated carbocycles. The van der Waals surface area contributed by atoms with Gasteiger partial charge in [0.2, 0.25) is 15.9 Å². The van der Waals surface area contributed by atoms with Gasteiger partial charge in [0.15, 0.2) is 11.5 Å². The third kappa shape index (κ3) is 5.12. The molecule has 1 saturated heterocycles. The highest BCUT2D eigenvalue weighted by molar-refractivity contribution is 7.89. The minimum absolute atomic E-state index is 0.0717. The maximum atomic E-state index is 13.4. The summed E-state index contributed by atoms with van der Waals surface area (Å²) in [4.78, 5) is 14.6. The zero-order valence-corrected chi connectivity index (χ0v) is 18.2. The van der Waals surface area contributed by atoms with Crippen molar-refractivity contribution in [2.75, 3.05) is 40.4 Å². The summed E-state index contributed by atoms with van der Waals surface area (Å²) in [5, 5.41) is 0. The van der Waals surface area contributed by atoms with Crippen molar-refractivity contribution in [2.24, 2.45) is 0 Å². The first-order valence-corrected chi connectivity index (χ1v) is 11.4. The number of rotatable bonds is 9. The molecule has 1 heterocycles. The van der Waals surface area contributed by atoms with E-state index in [1.54, 1.807) is 11.0 Å². The van der Waals surface area contributed by atoms with Crippen LogP contribution in [0.4, 0.5) is 0 Å². The van der Waals surface area contributed by atoms with Gasteiger partial charge in [-0.1, -0.05) is 30.3 Å². The van der Waals surface area contributed by atoms with Gasteiger partial charge in [0.1, 0.15) is 0 Å². The van der Waals surface area contributed by atoms with Crippen molar-refractivity contribution in [2.45, 2.75) is 24.2 Å². The first-order chi connectivity index (χ1) is 14.5. The van der Waals surface area contributed by atoms with E-state index < -0.39 is 10.0 Å². The van der Waals surface area contributed by atoms with E-state index in [0.717, 1.165) is 18.4 Å². The third-order valence-electron chi connectivity index (χ3n) is 5.26. The van der Waals surface area contributed by atoms with Crippen LogP contribution in [-0.2, 0) is 21.2 Å². The van der Waals surface area contributed by atoms with Crippen LogP contribution >= 0.6 is 0 Å². The molecule has 3 rings (SSSR count). The number of carbonyl (C=O) groups excluding carboxylic acids is 1. The summed E-state index contributed by atoms with van der Waals surface area (Å²) in [6.07, 6.45) is 2.43. The molecular formula is C22H28N2O5S. The van der Waals surface area contributed by atoms with Gasteiger partial charge in [-0.3, -0.25) is 4.79 Å². The predicted octanol–water partition coefficient (Wildman–Crippen LogP) is 2.56. The zero-order valence-electron chi connectivity index (χ0n) is 17.4. The topological polar surface area (TPSA) is 76.2 Å². The van der Waals surface area contributed by atoms with Crippen molar-refractivity contribution in [1.29, 1.82) is 0 Å². The number of amides is 1. The number of ether oxygens (including phenoxy) is 2. The molecule has 0 spiro atoms. The smallest absolute Gasteiger partial charge is 0.243 e. The lowest BCUT2D eigenvalue weighted by atomic mass is 10.1. The van der Waals surface area contributed by atoms with Crippen LogP contribution in [0.25, 0.3) is 0 Å². The summed E-state index contributed by atoms with van der Waals surface area (Å²) in [6, 6.07) is 14.1. The van der Waals surface area contributed by atoms with Gasteiger partial charge in [0, 0.05) is 25.7 Å². The number of likely N-dealkylation sites (tertiary alicyclic amines) is 1. The fraction of sp³-hybridized carbons (Fsp3) is 0.409. The Kier molecular flexibility index (Phi) is 7.33. The Balaban J connectivity index is 1.87. The lowest BCUT2D eigenvalue weighted by Gasteiger charge is -2.25. The van der Waals surface area contributed by atoms with Crippen molar-refractivity contribution in [3.8, 4) is 11.5 Å². The molecule has 7 nitrogen and oxygen atoms in total. The van der Waals surface area contributed by atoms with Gasteiger partial charge in [0.25, 0.3) is 0 Å². The van der Waals surface area contributed by atoms with Crippen LogP contribution in [0.15, 0.2) is 53.4 Å². The Hall–Kier alpha value is -2.58. The molecule has 2 aromatic rings. The molecule has 0 atom stereocenters. The van der Waals surface area contributed by atoms with E-state index in [-0.39, 0.29) is 23.9 Å². The van der Waals surface area contributed by atoms with Crippen molar-refractivity contribution < 1.29 is 22.7 Å². The molecule has 1 fully saturated rings. The van der Waals surface area contributed by atoms with E-state index in [9.17, 15) is 13.2 Å². The summed E-state index contributed by atoms with van der Waals surface area (Å²) < 4.78 is 38.6. The number of hydrogen-bond donors (Lipinski definition) is 0. The number of nitrogens with zero attached hydrogens (tertiary/aromatic N) is 2. The van der Waals surface area contributed by atoms with Crippen molar-refractivity contribution >= 4 is 15.9 Å². The van der Waals surface area contributed by atoms with Crippen LogP contribution < -0.4 is 9.47 Å². The predicted molar refractivity (Wildman–Crippen MR) is 114 cm³/mol. The third-order valence-corrected chi connectivity index (χ3v) is 7.10. The number of methoxy groups -OCH3 is 2. The standard InChI is InChI=1S/C22H28N2O5S/c1-28-20-11-10-19(16-21(20)29-2)30(26,27)24(15-12-18-8-4-3-5-9-18)17-22(25)23-13-6-7-14-23/h3-5,8-11,16H,6-7,12-15,17H2,1-2H3. The molecule has 1 amide bonds. The average Bonchev–Trinajstić information content (AvgIpc) is 3.31. The van der Waals surface area contributed by atoms with E-state index in [0.29, 0.717) is 31.0 Å². The van der Waals surface area contributed by atoms with E-state index in [4.69, 9.17) is 9.47 Å². The van der Waals surface area contributed by atoms with Gasteiger partial charge < -0.3 is 14.4 Å². The Morgan fingerprint density at radius 3 is 2.30 bits per heavy atom. The molecule has 0 bridgehead atoms. The summed E-state index contributed by atoms with van der Waals surface area (Å²) in [6.45, 7) is 1.40. The summed E-state index contributed by atoms with van der Waals surface area (Å²) in [5.41, 5.74) is 1.01. The van der Waals surface area contributed by atoms with Crippen molar-refractivity contribution in [1.82, 2.24) is 9.21 Å². The summed E-state index contributed by atoms with van der Waals surface area (Å²) >= 11 is 0. The average molecular weight is 433 g/mol. The molecule has 8 heteroatoms. The molecule has 162 valence electrons. The van der Waals surface area contributed by atoms with Crippen LogP contribution in [0, 0.1) is 0 Å². The number of carbonyl (C=O) groups is 1. The normalized spacial score (nSPS) is 14.2. The summed E-state index contributed by atoms with van der Waals surface area (Å²) in [7, 11) is -0.953. The first-order valence-electron chi connectivity index (χ1n) is 9.99. The Labute approximate surface area is 178 Å². The SMILES string of the molecule is COc1ccc(S(=O)(=O)N(CCc2ccccc2)CC(=O)N2CCCC2)cc1OC. The molecule has 0 aliphatic carbocycles. The molecule has 1 aliphatic heterocycles. The zero-order chi connectivity index (χ0) is 21.6. The van der Waals surface area contributed by atoms with E-state index >= 15 is 0 Å². The number of sulfonamides is 1. The van der Waals surface area contributed by atoms with E-state index in [1.807, 2.05) is 30.3 Å². The molecular weight excluding hydrogens is 404 g/mol. The molecule has 1 aliphatic rings. The Morgan fingerprint density at radius 1 is 1.00 bits per heavy atom. The second-order valence-electron chi connectivity index (χ2n) is 7.18. The van der Waals surface area contributed by atoms with Crippen molar-refractivity contribution in [3.63, 3.8) is 0 Å². The fourth-order valence-corrected chi connectivity index (χ4v) is 4.93. The lowest BCUT2D eigenvalue weighted by molar-refractivity contribution is -0.130. The van der Waals surface area contributed by atoms with Gasteiger partial charge >= 0.3 is 0 Å². The van der Waals surface area contributed by atoms with Crippen LogP contribution in [0.3, 0.4) is 0 Å². The highest BCUT2D eigenvalue weighted by Crippen LogP contribution is 2.30. The number of benzene rings is 2. The minimum atomic E-state index is -3.90. The molecule has 0 unspecified atom stereocenters. The van der Waals surface area contributed by atoms with Crippen LogP contribution in [0.2, 0.25) is 0 Å². The highest BCUT2D eigenvalue weighted by Gasteiger charge is 2.30. The van der Waals surface area contributed by atoms with Gasteiger partial charge in [-0.2, -0.15) is 4.31 Å². The van der Waals surface area contributed by atoms with Gasteiger partial charge in [-0.05, 0) is 37.0 Å². The van der Waals surface area contributed by atoms with Crippen LogP contribution in [-0.4, -0.2) is 63.9 Å². The molecule has 0 N–H and O–H groups in total. The Bertz CT molecular complexity index is 957.